The summed E-state index contributed by atoms with van der Waals surface area (Å²) in [6, 6.07) is 3.26. The number of rotatable bonds is 6. The Balaban J connectivity index is 2.21. The van der Waals surface area contributed by atoms with E-state index in [0.717, 1.165) is 19.5 Å². The molecule has 1 aliphatic carbocycles. The monoisotopic (exact) mass is 315 g/mol. The van der Waals surface area contributed by atoms with Gasteiger partial charge in [0.1, 0.15) is 0 Å². The molecule has 0 aromatic heterocycles. The summed E-state index contributed by atoms with van der Waals surface area (Å²) in [6.07, 6.45) is 3.38. The third kappa shape index (κ3) is 3.58. The van der Waals surface area contributed by atoms with Gasteiger partial charge in [0.25, 0.3) is 5.91 Å². The molecule has 0 bridgehead atoms. The van der Waals surface area contributed by atoms with Crippen LogP contribution in [-0.4, -0.2) is 31.0 Å². The number of carbonyl (C=O) groups is 1. The van der Waals surface area contributed by atoms with Crippen LogP contribution in [0.15, 0.2) is 12.1 Å². The number of ether oxygens (including phenoxy) is 1. The van der Waals surface area contributed by atoms with Crippen LogP contribution in [0.5, 0.6) is 5.75 Å². The fraction of sp³-hybridized carbons (Fsp3) is 0.533. The van der Waals surface area contributed by atoms with Crippen molar-refractivity contribution < 1.29 is 9.53 Å². The van der Waals surface area contributed by atoms with E-state index < -0.39 is 0 Å². The van der Waals surface area contributed by atoms with Crippen LogP contribution in [0.2, 0.25) is 10.0 Å². The van der Waals surface area contributed by atoms with E-state index in [0.29, 0.717) is 27.3 Å². The zero-order chi connectivity index (χ0) is 14.7. The van der Waals surface area contributed by atoms with Crippen LogP contribution in [0.3, 0.4) is 0 Å². The van der Waals surface area contributed by atoms with Crippen LogP contribution in [-0.2, 0) is 0 Å². The molecule has 0 unspecified atom stereocenters. The van der Waals surface area contributed by atoms with Crippen molar-refractivity contribution in [2.24, 2.45) is 5.92 Å². The van der Waals surface area contributed by atoms with Crippen LogP contribution in [0.4, 0.5) is 0 Å². The molecule has 1 aromatic carbocycles. The summed E-state index contributed by atoms with van der Waals surface area (Å²) < 4.78 is 5.10. The second kappa shape index (κ2) is 6.68. The van der Waals surface area contributed by atoms with E-state index in [1.54, 1.807) is 12.1 Å². The van der Waals surface area contributed by atoms with E-state index in [9.17, 15) is 4.79 Å². The van der Waals surface area contributed by atoms with Crippen molar-refractivity contribution in [2.45, 2.75) is 26.2 Å². The Morgan fingerprint density at radius 2 is 1.95 bits per heavy atom. The molecule has 0 aliphatic heterocycles. The lowest BCUT2D eigenvalue weighted by atomic mass is 10.1. The first-order valence-corrected chi connectivity index (χ1v) is 7.64. The fourth-order valence-electron chi connectivity index (χ4n) is 2.22. The lowest BCUT2D eigenvalue weighted by Gasteiger charge is -2.22. The average molecular weight is 316 g/mol. The van der Waals surface area contributed by atoms with Crippen molar-refractivity contribution in [1.82, 2.24) is 4.90 Å². The molecule has 1 saturated carbocycles. The minimum atomic E-state index is -0.00907. The summed E-state index contributed by atoms with van der Waals surface area (Å²) >= 11 is 12.2. The Bertz CT molecular complexity index is 478. The SMILES string of the molecule is CCCN(CC1CC1)C(=O)c1cc(Cl)c(OC)c(Cl)c1. The van der Waals surface area contributed by atoms with Crippen molar-refractivity contribution in [3.8, 4) is 5.75 Å². The number of benzene rings is 1. The highest BCUT2D eigenvalue weighted by Crippen LogP contribution is 2.35. The first-order chi connectivity index (χ1) is 9.56. The molecular formula is C15H19Cl2NO2. The molecule has 0 spiro atoms. The first-order valence-electron chi connectivity index (χ1n) is 6.89. The lowest BCUT2D eigenvalue weighted by Crippen LogP contribution is -2.33. The second-order valence-corrected chi connectivity index (χ2v) is 5.98. The minimum Gasteiger partial charge on any atom is -0.494 e. The normalized spacial score (nSPS) is 14.2. The maximum absolute atomic E-state index is 12.6. The summed E-state index contributed by atoms with van der Waals surface area (Å²) in [5.74, 6) is 1.06. The predicted octanol–water partition coefficient (Wildman–Crippen LogP) is 4.26. The second-order valence-electron chi connectivity index (χ2n) is 5.17. The highest BCUT2D eigenvalue weighted by atomic mass is 35.5. The highest BCUT2D eigenvalue weighted by Gasteiger charge is 2.27. The van der Waals surface area contributed by atoms with E-state index >= 15 is 0 Å². The van der Waals surface area contributed by atoms with E-state index in [-0.39, 0.29) is 5.91 Å². The van der Waals surface area contributed by atoms with E-state index in [4.69, 9.17) is 27.9 Å². The summed E-state index contributed by atoms with van der Waals surface area (Å²) in [5.41, 5.74) is 0.523. The van der Waals surface area contributed by atoms with Gasteiger partial charge in [-0.1, -0.05) is 30.1 Å². The molecule has 0 atom stereocenters. The standard InChI is InChI=1S/C15H19Cl2NO2/c1-3-6-18(9-10-4-5-10)15(19)11-7-12(16)14(20-2)13(17)8-11/h7-8,10H,3-6,9H2,1-2H3. The smallest absolute Gasteiger partial charge is 0.253 e. The van der Waals surface area contributed by atoms with Crippen LogP contribution in [0, 0.1) is 5.92 Å². The number of hydrogen-bond acceptors (Lipinski definition) is 2. The zero-order valence-corrected chi connectivity index (χ0v) is 13.3. The molecular weight excluding hydrogens is 297 g/mol. The van der Waals surface area contributed by atoms with Gasteiger partial charge in [-0.25, -0.2) is 0 Å². The van der Waals surface area contributed by atoms with Gasteiger partial charge in [-0.3, -0.25) is 4.79 Å². The maximum atomic E-state index is 12.6. The molecule has 110 valence electrons. The molecule has 5 heteroatoms. The number of nitrogens with zero attached hydrogens (tertiary/aromatic N) is 1. The molecule has 3 nitrogen and oxygen atoms in total. The minimum absolute atomic E-state index is 0.00907. The van der Waals surface area contributed by atoms with Crippen molar-refractivity contribution in [3.63, 3.8) is 0 Å². The summed E-state index contributed by atoms with van der Waals surface area (Å²) in [5, 5.41) is 0.734. The first kappa shape index (κ1) is 15.5. The molecule has 20 heavy (non-hydrogen) atoms. The predicted molar refractivity (Wildman–Crippen MR) is 81.9 cm³/mol. The number of halogens is 2. The zero-order valence-electron chi connectivity index (χ0n) is 11.8. The van der Waals surface area contributed by atoms with Crippen molar-refractivity contribution in [2.75, 3.05) is 20.2 Å². The van der Waals surface area contributed by atoms with Gasteiger partial charge >= 0.3 is 0 Å². The van der Waals surface area contributed by atoms with Crippen molar-refractivity contribution in [1.29, 1.82) is 0 Å². The van der Waals surface area contributed by atoms with E-state index in [2.05, 4.69) is 6.92 Å². The van der Waals surface area contributed by atoms with E-state index in [1.807, 2.05) is 4.90 Å². The Morgan fingerprint density at radius 1 is 1.35 bits per heavy atom. The Morgan fingerprint density at radius 3 is 2.40 bits per heavy atom. The topological polar surface area (TPSA) is 29.5 Å². The molecule has 2 rings (SSSR count). The number of carbonyl (C=O) groups excluding carboxylic acids is 1. The maximum Gasteiger partial charge on any atom is 0.253 e. The van der Waals surface area contributed by atoms with E-state index in [1.165, 1.54) is 20.0 Å². The molecule has 1 amide bonds. The Hall–Kier alpha value is -0.930. The molecule has 0 radical (unpaired) electrons. The number of hydrogen-bond donors (Lipinski definition) is 0. The molecule has 0 N–H and O–H groups in total. The van der Waals surface area contributed by atoms with Gasteiger partial charge < -0.3 is 9.64 Å². The van der Waals surface area contributed by atoms with Gasteiger partial charge in [-0.2, -0.15) is 0 Å². The largest absolute Gasteiger partial charge is 0.494 e. The highest BCUT2D eigenvalue weighted by molar-refractivity contribution is 6.37. The molecule has 1 fully saturated rings. The van der Waals surface area contributed by atoms with Crippen molar-refractivity contribution in [3.05, 3.63) is 27.7 Å². The summed E-state index contributed by atoms with van der Waals surface area (Å²) in [7, 11) is 1.51. The summed E-state index contributed by atoms with van der Waals surface area (Å²) in [4.78, 5) is 14.5. The van der Waals surface area contributed by atoms with Gasteiger partial charge in [0, 0.05) is 18.7 Å². The Kier molecular flexibility index (Phi) is 5.17. The molecule has 1 aliphatic rings. The van der Waals surface area contributed by atoms with Gasteiger partial charge in [0.05, 0.1) is 17.2 Å². The van der Waals surface area contributed by atoms with Gasteiger partial charge in [-0.15, -0.1) is 0 Å². The Labute approximate surface area is 129 Å². The number of methoxy groups -OCH3 is 1. The van der Waals surface area contributed by atoms with Gasteiger partial charge in [0.2, 0.25) is 0 Å². The molecule has 0 saturated heterocycles. The van der Waals surface area contributed by atoms with Crippen LogP contribution < -0.4 is 4.74 Å². The van der Waals surface area contributed by atoms with Gasteiger partial charge in [-0.05, 0) is 37.3 Å². The van der Waals surface area contributed by atoms with Crippen LogP contribution in [0.1, 0.15) is 36.5 Å². The summed E-state index contributed by atoms with van der Waals surface area (Å²) in [6.45, 7) is 3.66. The third-order valence-electron chi connectivity index (χ3n) is 3.41. The molecule has 0 heterocycles. The van der Waals surface area contributed by atoms with Crippen LogP contribution in [0.25, 0.3) is 0 Å². The molecule has 1 aromatic rings. The van der Waals surface area contributed by atoms with Crippen LogP contribution >= 0.6 is 23.2 Å². The fourth-order valence-corrected chi connectivity index (χ4v) is 2.86. The van der Waals surface area contributed by atoms with Crippen molar-refractivity contribution >= 4 is 29.1 Å². The lowest BCUT2D eigenvalue weighted by molar-refractivity contribution is 0.0747. The quantitative estimate of drug-likeness (QED) is 0.784. The third-order valence-corrected chi connectivity index (χ3v) is 3.97. The van der Waals surface area contributed by atoms with Gasteiger partial charge in [0.15, 0.2) is 5.75 Å². The number of amides is 1. The average Bonchev–Trinajstić information content (AvgIpc) is 3.21.